The van der Waals surface area contributed by atoms with Gasteiger partial charge in [-0.05, 0) is 46.1 Å². The number of benzene rings is 1. The van der Waals surface area contributed by atoms with Crippen molar-refractivity contribution in [2.24, 2.45) is 0 Å². The molecule has 6 heteroatoms. The summed E-state index contributed by atoms with van der Waals surface area (Å²) < 4.78 is 12.2. The largest absolute Gasteiger partial charge is 0.493 e. The number of nitrogens with one attached hydrogen (secondary N) is 1. The van der Waals surface area contributed by atoms with E-state index in [-0.39, 0.29) is 12.6 Å². The van der Waals surface area contributed by atoms with Crippen molar-refractivity contribution >= 4 is 15.9 Å². The van der Waals surface area contributed by atoms with Crippen LogP contribution in [0.1, 0.15) is 24.5 Å². The van der Waals surface area contributed by atoms with Crippen molar-refractivity contribution < 1.29 is 14.6 Å². The number of rotatable bonds is 9. The SMILES string of the molecule is CC[C@H](CO)NCc1cc(Br)c(OCc2cccnc2)c(OC)c1. The zero-order chi connectivity index (χ0) is 17.4. The van der Waals surface area contributed by atoms with E-state index >= 15 is 0 Å². The molecule has 2 aromatic rings. The topological polar surface area (TPSA) is 63.6 Å². The van der Waals surface area contributed by atoms with E-state index in [1.54, 1.807) is 19.5 Å². The van der Waals surface area contributed by atoms with Crippen LogP contribution >= 0.6 is 15.9 Å². The van der Waals surface area contributed by atoms with Crippen LogP contribution in [-0.2, 0) is 13.2 Å². The summed E-state index contributed by atoms with van der Waals surface area (Å²) in [5.41, 5.74) is 2.05. The van der Waals surface area contributed by atoms with Crippen LogP contribution in [0.2, 0.25) is 0 Å². The summed E-state index contributed by atoms with van der Waals surface area (Å²) in [6, 6.07) is 7.88. The van der Waals surface area contributed by atoms with Gasteiger partial charge in [-0.2, -0.15) is 0 Å². The van der Waals surface area contributed by atoms with Gasteiger partial charge in [0, 0.05) is 30.5 Å². The van der Waals surface area contributed by atoms with Crippen molar-refractivity contribution in [3.05, 3.63) is 52.3 Å². The molecule has 1 aromatic heterocycles. The molecule has 0 saturated carbocycles. The third-order valence-electron chi connectivity index (χ3n) is 3.70. The van der Waals surface area contributed by atoms with Gasteiger partial charge in [-0.1, -0.05) is 13.0 Å². The normalized spacial score (nSPS) is 12.0. The predicted octanol–water partition coefficient (Wildman–Crippen LogP) is 3.29. The Morgan fingerprint density at radius 1 is 1.33 bits per heavy atom. The number of ether oxygens (including phenoxy) is 2. The Morgan fingerprint density at radius 2 is 2.17 bits per heavy atom. The van der Waals surface area contributed by atoms with Gasteiger partial charge in [0.2, 0.25) is 0 Å². The average molecular weight is 395 g/mol. The Balaban J connectivity index is 2.09. The molecule has 0 aliphatic carbocycles. The molecule has 24 heavy (non-hydrogen) atoms. The first-order chi connectivity index (χ1) is 11.7. The van der Waals surface area contributed by atoms with E-state index in [1.807, 2.05) is 31.2 Å². The highest BCUT2D eigenvalue weighted by atomic mass is 79.9. The van der Waals surface area contributed by atoms with Gasteiger partial charge in [0.1, 0.15) is 6.61 Å². The van der Waals surface area contributed by atoms with Gasteiger partial charge >= 0.3 is 0 Å². The highest BCUT2D eigenvalue weighted by Gasteiger charge is 2.13. The molecule has 0 amide bonds. The maximum atomic E-state index is 9.26. The number of aliphatic hydroxyl groups is 1. The zero-order valence-corrected chi connectivity index (χ0v) is 15.5. The molecular weight excluding hydrogens is 372 g/mol. The highest BCUT2D eigenvalue weighted by molar-refractivity contribution is 9.10. The lowest BCUT2D eigenvalue weighted by molar-refractivity contribution is 0.238. The molecule has 1 heterocycles. The summed E-state index contributed by atoms with van der Waals surface area (Å²) in [5, 5.41) is 12.6. The lowest BCUT2D eigenvalue weighted by atomic mass is 10.1. The quantitative estimate of drug-likeness (QED) is 0.682. The second kappa shape index (κ2) is 9.61. The monoisotopic (exact) mass is 394 g/mol. The smallest absolute Gasteiger partial charge is 0.175 e. The van der Waals surface area contributed by atoms with Gasteiger partial charge in [-0.25, -0.2) is 0 Å². The van der Waals surface area contributed by atoms with Crippen molar-refractivity contribution in [2.75, 3.05) is 13.7 Å². The summed E-state index contributed by atoms with van der Waals surface area (Å²) >= 11 is 3.56. The molecule has 0 aliphatic rings. The number of hydrogen-bond acceptors (Lipinski definition) is 5. The van der Waals surface area contributed by atoms with E-state index in [0.717, 1.165) is 22.0 Å². The highest BCUT2D eigenvalue weighted by Crippen LogP contribution is 2.37. The van der Waals surface area contributed by atoms with Crippen molar-refractivity contribution in [2.45, 2.75) is 32.5 Å². The lowest BCUT2D eigenvalue weighted by Gasteiger charge is -2.17. The summed E-state index contributed by atoms with van der Waals surface area (Å²) in [7, 11) is 1.62. The molecule has 0 bridgehead atoms. The molecule has 0 spiro atoms. The summed E-state index contributed by atoms with van der Waals surface area (Å²) in [5.74, 6) is 1.33. The molecule has 2 rings (SSSR count). The molecule has 0 radical (unpaired) electrons. The molecular formula is C18H23BrN2O3. The van der Waals surface area contributed by atoms with Gasteiger partial charge in [0.05, 0.1) is 18.2 Å². The number of pyridine rings is 1. The van der Waals surface area contributed by atoms with E-state index in [1.165, 1.54) is 0 Å². The summed E-state index contributed by atoms with van der Waals surface area (Å²) in [4.78, 5) is 4.08. The van der Waals surface area contributed by atoms with E-state index in [2.05, 4.69) is 26.2 Å². The molecule has 2 N–H and O–H groups in total. The molecule has 0 fully saturated rings. The van der Waals surface area contributed by atoms with Gasteiger partial charge in [0.15, 0.2) is 11.5 Å². The lowest BCUT2D eigenvalue weighted by Crippen LogP contribution is -2.31. The Morgan fingerprint density at radius 3 is 2.79 bits per heavy atom. The molecule has 0 unspecified atom stereocenters. The van der Waals surface area contributed by atoms with Crippen LogP contribution in [0.25, 0.3) is 0 Å². The molecule has 1 atom stereocenters. The fourth-order valence-electron chi connectivity index (χ4n) is 2.25. The molecule has 1 aromatic carbocycles. The number of methoxy groups -OCH3 is 1. The third kappa shape index (κ3) is 5.19. The van der Waals surface area contributed by atoms with E-state index in [0.29, 0.717) is 24.7 Å². The second-order valence-corrected chi connectivity index (χ2v) is 6.28. The van der Waals surface area contributed by atoms with Crippen LogP contribution < -0.4 is 14.8 Å². The number of aliphatic hydroxyl groups excluding tert-OH is 1. The summed E-state index contributed by atoms with van der Waals surface area (Å²) in [6.45, 7) is 3.24. The van der Waals surface area contributed by atoms with Gasteiger partial charge in [-0.15, -0.1) is 0 Å². The number of halogens is 1. The Bertz CT molecular complexity index is 634. The molecule has 130 valence electrons. The van der Waals surface area contributed by atoms with Crippen LogP contribution in [-0.4, -0.2) is 29.8 Å². The van der Waals surface area contributed by atoms with Crippen molar-refractivity contribution in [1.29, 1.82) is 0 Å². The molecule has 0 saturated heterocycles. The Labute approximate surface area is 151 Å². The van der Waals surface area contributed by atoms with Crippen molar-refractivity contribution in [3.8, 4) is 11.5 Å². The average Bonchev–Trinajstić information content (AvgIpc) is 2.62. The first-order valence-electron chi connectivity index (χ1n) is 7.90. The van der Waals surface area contributed by atoms with Gasteiger partial charge < -0.3 is 19.9 Å². The first kappa shape index (κ1) is 18.7. The predicted molar refractivity (Wildman–Crippen MR) is 97.3 cm³/mol. The zero-order valence-electron chi connectivity index (χ0n) is 14.0. The first-order valence-corrected chi connectivity index (χ1v) is 8.69. The molecule has 0 aliphatic heterocycles. The fraction of sp³-hybridized carbons (Fsp3) is 0.389. The number of nitrogens with zero attached hydrogens (tertiary/aromatic N) is 1. The number of aromatic nitrogens is 1. The van der Waals surface area contributed by atoms with E-state index in [4.69, 9.17) is 9.47 Å². The second-order valence-electron chi connectivity index (χ2n) is 5.43. The standard InChI is InChI=1S/C18H23BrN2O3/c1-3-15(11-22)21-10-14-7-16(19)18(17(8-14)23-2)24-12-13-5-4-6-20-9-13/h4-9,15,21-22H,3,10-12H2,1-2H3/t15-/m1/s1. The number of hydrogen-bond donors (Lipinski definition) is 2. The Hall–Kier alpha value is -1.63. The van der Waals surface area contributed by atoms with Crippen LogP contribution in [0.3, 0.4) is 0 Å². The minimum Gasteiger partial charge on any atom is -0.493 e. The maximum Gasteiger partial charge on any atom is 0.175 e. The van der Waals surface area contributed by atoms with E-state index in [9.17, 15) is 5.11 Å². The van der Waals surface area contributed by atoms with Crippen LogP contribution in [0.4, 0.5) is 0 Å². The molecule has 5 nitrogen and oxygen atoms in total. The third-order valence-corrected chi connectivity index (χ3v) is 4.29. The van der Waals surface area contributed by atoms with Crippen LogP contribution in [0, 0.1) is 0 Å². The van der Waals surface area contributed by atoms with Gasteiger partial charge in [0.25, 0.3) is 0 Å². The Kier molecular flexibility index (Phi) is 7.49. The minimum atomic E-state index is 0.0938. The van der Waals surface area contributed by atoms with Crippen LogP contribution in [0.5, 0.6) is 11.5 Å². The maximum absolute atomic E-state index is 9.26. The minimum absolute atomic E-state index is 0.0938. The fourth-order valence-corrected chi connectivity index (χ4v) is 2.86. The van der Waals surface area contributed by atoms with E-state index < -0.39 is 0 Å². The van der Waals surface area contributed by atoms with Crippen molar-refractivity contribution in [1.82, 2.24) is 10.3 Å². The van der Waals surface area contributed by atoms with Gasteiger partial charge in [-0.3, -0.25) is 4.98 Å². The summed E-state index contributed by atoms with van der Waals surface area (Å²) in [6.07, 6.45) is 4.39. The van der Waals surface area contributed by atoms with Crippen molar-refractivity contribution in [3.63, 3.8) is 0 Å². The van der Waals surface area contributed by atoms with Crippen LogP contribution in [0.15, 0.2) is 41.1 Å².